The van der Waals surface area contributed by atoms with Crippen molar-refractivity contribution in [3.8, 4) is 17.3 Å². The fourth-order valence-electron chi connectivity index (χ4n) is 2.57. The van der Waals surface area contributed by atoms with Crippen LogP contribution in [0, 0.1) is 25.2 Å². The molecule has 1 aromatic carbocycles. The number of aromatic nitrogens is 2. The Balaban J connectivity index is 1.65. The van der Waals surface area contributed by atoms with Crippen molar-refractivity contribution < 1.29 is 4.79 Å². The zero-order valence-corrected chi connectivity index (χ0v) is 16.6. The van der Waals surface area contributed by atoms with Crippen molar-refractivity contribution in [2.24, 2.45) is 0 Å². The number of carbonyl (C=O) groups is 1. The van der Waals surface area contributed by atoms with E-state index in [1.54, 1.807) is 12.3 Å². The van der Waals surface area contributed by atoms with E-state index < -0.39 is 0 Å². The van der Waals surface area contributed by atoms with E-state index in [0.29, 0.717) is 28.6 Å². The number of aryl methyl sites for hydroxylation is 2. The molecule has 140 valence electrons. The Morgan fingerprint density at radius 3 is 2.64 bits per heavy atom. The molecule has 0 aliphatic carbocycles. The summed E-state index contributed by atoms with van der Waals surface area (Å²) in [7, 11) is 0. The number of nitrogens with zero attached hydrogens (tertiary/aromatic N) is 3. The molecule has 0 radical (unpaired) electrons. The number of amides is 1. The van der Waals surface area contributed by atoms with Crippen LogP contribution >= 0.6 is 11.8 Å². The molecule has 28 heavy (non-hydrogen) atoms. The topological polar surface area (TPSA) is 78.7 Å². The third-order valence-corrected chi connectivity index (χ3v) is 5.16. The smallest absolute Gasteiger partial charge is 0.226 e. The van der Waals surface area contributed by atoms with E-state index in [1.165, 1.54) is 17.3 Å². The lowest BCUT2D eigenvalue weighted by molar-refractivity contribution is -0.115. The summed E-state index contributed by atoms with van der Waals surface area (Å²) in [6.07, 6.45) is 1.96. The number of anilines is 1. The molecule has 0 bridgehead atoms. The molecule has 0 fully saturated rings. The van der Waals surface area contributed by atoms with Crippen molar-refractivity contribution in [2.45, 2.75) is 25.3 Å². The zero-order chi connectivity index (χ0) is 19.9. The van der Waals surface area contributed by atoms with E-state index in [0.717, 1.165) is 16.8 Å². The fraction of sp³-hybridized carbons (Fsp3) is 0.182. The van der Waals surface area contributed by atoms with Crippen LogP contribution in [0.3, 0.4) is 0 Å². The van der Waals surface area contributed by atoms with Crippen molar-refractivity contribution in [3.63, 3.8) is 0 Å². The summed E-state index contributed by atoms with van der Waals surface area (Å²) >= 11 is 1.41. The molecule has 0 spiro atoms. The molecular formula is C22H20N4OS. The van der Waals surface area contributed by atoms with Crippen LogP contribution in [-0.4, -0.2) is 21.6 Å². The Morgan fingerprint density at radius 2 is 1.93 bits per heavy atom. The molecule has 5 nitrogen and oxygen atoms in total. The highest BCUT2D eigenvalue weighted by Gasteiger charge is 2.10. The minimum Gasteiger partial charge on any atom is -0.310 e. The number of carbonyl (C=O) groups excluding carboxylic acids is 1. The van der Waals surface area contributed by atoms with Gasteiger partial charge >= 0.3 is 0 Å². The van der Waals surface area contributed by atoms with Gasteiger partial charge in [0.15, 0.2) is 0 Å². The maximum absolute atomic E-state index is 12.2. The molecule has 2 aromatic heterocycles. The highest BCUT2D eigenvalue weighted by molar-refractivity contribution is 7.99. The number of hydrogen-bond acceptors (Lipinski definition) is 5. The monoisotopic (exact) mass is 388 g/mol. The number of thioether (sulfide) groups is 1. The highest BCUT2D eigenvalue weighted by atomic mass is 32.2. The lowest BCUT2D eigenvalue weighted by atomic mass is 10.1. The maximum atomic E-state index is 12.2. The van der Waals surface area contributed by atoms with E-state index >= 15 is 0 Å². The van der Waals surface area contributed by atoms with Gasteiger partial charge in [0.25, 0.3) is 0 Å². The summed E-state index contributed by atoms with van der Waals surface area (Å²) < 4.78 is 0. The van der Waals surface area contributed by atoms with Crippen molar-refractivity contribution in [1.29, 1.82) is 5.26 Å². The van der Waals surface area contributed by atoms with E-state index in [4.69, 9.17) is 0 Å². The van der Waals surface area contributed by atoms with Crippen LogP contribution in [0.25, 0.3) is 11.3 Å². The second-order valence-electron chi connectivity index (χ2n) is 6.34. The van der Waals surface area contributed by atoms with Gasteiger partial charge in [-0.15, -0.1) is 11.8 Å². The first-order valence-corrected chi connectivity index (χ1v) is 9.88. The molecule has 2 heterocycles. The van der Waals surface area contributed by atoms with Crippen LogP contribution in [0.4, 0.5) is 5.82 Å². The van der Waals surface area contributed by atoms with Crippen molar-refractivity contribution in [1.82, 2.24) is 9.97 Å². The van der Waals surface area contributed by atoms with Crippen molar-refractivity contribution >= 4 is 23.5 Å². The lowest BCUT2D eigenvalue weighted by Crippen LogP contribution is -2.14. The summed E-state index contributed by atoms with van der Waals surface area (Å²) in [5, 5.41) is 12.8. The number of nitriles is 1. The van der Waals surface area contributed by atoms with Gasteiger partial charge in [0, 0.05) is 23.9 Å². The van der Waals surface area contributed by atoms with Crippen LogP contribution in [-0.2, 0) is 4.79 Å². The first-order chi connectivity index (χ1) is 13.6. The molecule has 1 amide bonds. The molecule has 0 unspecified atom stereocenters. The second kappa shape index (κ2) is 9.16. The van der Waals surface area contributed by atoms with E-state index in [2.05, 4.69) is 21.4 Å². The number of hydrogen-bond donors (Lipinski definition) is 1. The minimum absolute atomic E-state index is 0.109. The molecule has 3 aromatic rings. The van der Waals surface area contributed by atoms with Gasteiger partial charge in [0.2, 0.25) is 5.91 Å². The molecular weight excluding hydrogens is 368 g/mol. The molecule has 0 atom stereocenters. The van der Waals surface area contributed by atoms with Crippen LogP contribution in [0.15, 0.2) is 59.8 Å². The first kappa shape index (κ1) is 19.6. The average molecular weight is 388 g/mol. The Hall–Kier alpha value is -3.17. The zero-order valence-electron chi connectivity index (χ0n) is 15.8. The molecule has 3 rings (SSSR count). The molecule has 0 saturated heterocycles. The minimum atomic E-state index is -0.109. The lowest BCUT2D eigenvalue weighted by Gasteiger charge is -2.08. The van der Waals surface area contributed by atoms with Gasteiger partial charge in [-0.05, 0) is 37.6 Å². The average Bonchev–Trinajstić information content (AvgIpc) is 2.70. The first-order valence-electron chi connectivity index (χ1n) is 8.89. The number of rotatable bonds is 6. The number of nitrogens with one attached hydrogen (secondary N) is 1. The molecule has 0 aliphatic heterocycles. The van der Waals surface area contributed by atoms with Gasteiger partial charge in [0.1, 0.15) is 16.9 Å². The van der Waals surface area contributed by atoms with Crippen molar-refractivity contribution in [3.05, 3.63) is 71.4 Å². The maximum Gasteiger partial charge on any atom is 0.226 e. The third kappa shape index (κ3) is 4.96. The quantitative estimate of drug-likeness (QED) is 0.616. The van der Waals surface area contributed by atoms with Crippen LogP contribution in [0.1, 0.15) is 23.1 Å². The summed E-state index contributed by atoms with van der Waals surface area (Å²) in [6.45, 7) is 3.94. The van der Waals surface area contributed by atoms with Gasteiger partial charge in [-0.2, -0.15) is 5.26 Å². The Bertz CT molecular complexity index is 1030. The fourth-order valence-corrected chi connectivity index (χ4v) is 3.49. The van der Waals surface area contributed by atoms with E-state index in [-0.39, 0.29) is 5.91 Å². The van der Waals surface area contributed by atoms with Crippen LogP contribution in [0.2, 0.25) is 0 Å². The summed E-state index contributed by atoms with van der Waals surface area (Å²) in [5.74, 6) is 0.994. The Kier molecular flexibility index (Phi) is 6.41. The molecule has 0 saturated carbocycles. The Morgan fingerprint density at radius 1 is 1.14 bits per heavy atom. The molecule has 0 aliphatic rings. The highest BCUT2D eigenvalue weighted by Crippen LogP contribution is 2.26. The van der Waals surface area contributed by atoms with Gasteiger partial charge in [-0.3, -0.25) is 4.79 Å². The van der Waals surface area contributed by atoms with Gasteiger partial charge < -0.3 is 5.32 Å². The van der Waals surface area contributed by atoms with Crippen molar-refractivity contribution in [2.75, 3.05) is 11.1 Å². The van der Waals surface area contributed by atoms with Crippen LogP contribution in [0.5, 0.6) is 0 Å². The predicted molar refractivity (Wildman–Crippen MR) is 112 cm³/mol. The largest absolute Gasteiger partial charge is 0.310 e. The van der Waals surface area contributed by atoms with Gasteiger partial charge in [0.05, 0.1) is 11.3 Å². The second-order valence-corrected chi connectivity index (χ2v) is 7.43. The molecule has 6 heteroatoms. The third-order valence-electron chi connectivity index (χ3n) is 4.16. The van der Waals surface area contributed by atoms with E-state index in [9.17, 15) is 10.1 Å². The Labute approximate surface area is 168 Å². The van der Waals surface area contributed by atoms with E-state index in [1.807, 2.05) is 56.3 Å². The number of pyridine rings is 2. The van der Waals surface area contributed by atoms with Gasteiger partial charge in [-0.25, -0.2) is 9.97 Å². The van der Waals surface area contributed by atoms with Gasteiger partial charge in [-0.1, -0.05) is 35.9 Å². The SMILES string of the molecule is Cc1ccc(-c2ccc(C#N)c(SCCC(=O)Nc3ncccc3C)n2)cc1. The standard InChI is InChI=1S/C22H20N4OS/c1-15-5-7-17(8-6-15)19-10-9-18(14-23)22(25-19)28-13-11-20(27)26-21-16(2)4-3-12-24-21/h3-10,12H,11,13H2,1-2H3,(H,24,26,27). The summed E-state index contributed by atoms with van der Waals surface area (Å²) in [4.78, 5) is 21.0. The summed E-state index contributed by atoms with van der Waals surface area (Å²) in [5.41, 5.74) is 4.43. The summed E-state index contributed by atoms with van der Waals surface area (Å²) in [6, 6.07) is 17.6. The number of benzene rings is 1. The molecule has 1 N–H and O–H groups in total. The predicted octanol–water partition coefficient (Wildman–Crippen LogP) is 4.75. The normalized spacial score (nSPS) is 10.3. The van der Waals surface area contributed by atoms with Crippen LogP contribution < -0.4 is 5.32 Å².